The number of carbonyl (C=O) groups excluding carboxylic acids is 1. The van der Waals surface area contributed by atoms with E-state index in [1.54, 1.807) is 30.2 Å². The molecule has 2 heterocycles. The first-order valence-electron chi connectivity index (χ1n) is 6.54. The van der Waals surface area contributed by atoms with Crippen LogP contribution in [0.25, 0.3) is 5.82 Å². The molecular weight excluding hydrogens is 311 g/mol. The molecule has 0 bridgehead atoms. The number of nitrogens with zero attached hydrogens (tertiary/aromatic N) is 3. The number of pyridine rings is 1. The molecule has 7 heteroatoms. The molecule has 1 unspecified atom stereocenters. The van der Waals surface area contributed by atoms with Crippen molar-refractivity contribution in [3.63, 3.8) is 0 Å². The van der Waals surface area contributed by atoms with Gasteiger partial charge in [0.25, 0.3) is 0 Å². The second kappa shape index (κ2) is 5.00. The first-order chi connectivity index (χ1) is 9.94. The van der Waals surface area contributed by atoms with Gasteiger partial charge in [-0.05, 0) is 25.5 Å². The summed E-state index contributed by atoms with van der Waals surface area (Å²) in [6.45, 7) is 2.11. The average molecular weight is 325 g/mol. The van der Waals surface area contributed by atoms with E-state index in [0.717, 1.165) is 5.56 Å². The Bertz CT molecular complexity index is 671. The van der Waals surface area contributed by atoms with Gasteiger partial charge in [-0.25, -0.2) is 9.67 Å². The van der Waals surface area contributed by atoms with E-state index in [1.165, 1.54) is 0 Å². The standard InChI is InChI=1S/C14H14Cl2N4O/c1-13(9-14(13,15)16)12(21)18-8-10-4-2-5-17-11(10)20-7-3-6-19-20/h2-7H,8-9H2,1H3,(H,18,21). The lowest BCUT2D eigenvalue weighted by Gasteiger charge is -2.14. The fourth-order valence-corrected chi connectivity index (χ4v) is 2.89. The molecule has 0 radical (unpaired) electrons. The van der Waals surface area contributed by atoms with Gasteiger partial charge >= 0.3 is 0 Å². The molecule has 2 aromatic rings. The summed E-state index contributed by atoms with van der Waals surface area (Å²) in [5.41, 5.74) is 0.151. The summed E-state index contributed by atoms with van der Waals surface area (Å²) in [5.74, 6) is 0.537. The van der Waals surface area contributed by atoms with E-state index < -0.39 is 9.75 Å². The zero-order chi connectivity index (χ0) is 15.1. The third-order valence-corrected chi connectivity index (χ3v) is 4.89. The lowest BCUT2D eigenvalue weighted by atomic mass is 10.1. The molecule has 0 saturated heterocycles. The van der Waals surface area contributed by atoms with Gasteiger partial charge in [-0.15, -0.1) is 23.2 Å². The molecule has 110 valence electrons. The molecule has 1 aliphatic rings. The summed E-state index contributed by atoms with van der Waals surface area (Å²) in [5, 5.41) is 7.03. The van der Waals surface area contributed by atoms with Gasteiger partial charge in [0.15, 0.2) is 5.82 Å². The first kappa shape index (κ1) is 14.4. The molecule has 1 saturated carbocycles. The zero-order valence-electron chi connectivity index (χ0n) is 11.4. The Labute approximate surface area is 132 Å². The summed E-state index contributed by atoms with van der Waals surface area (Å²) in [6, 6.07) is 5.53. The molecule has 3 rings (SSSR count). The van der Waals surface area contributed by atoms with Crippen molar-refractivity contribution in [1.82, 2.24) is 20.1 Å². The van der Waals surface area contributed by atoms with Crippen LogP contribution >= 0.6 is 23.2 Å². The van der Waals surface area contributed by atoms with Crippen LogP contribution in [-0.4, -0.2) is 25.0 Å². The van der Waals surface area contributed by atoms with E-state index >= 15 is 0 Å². The Kier molecular flexibility index (Phi) is 3.42. The maximum Gasteiger partial charge on any atom is 0.229 e. The summed E-state index contributed by atoms with van der Waals surface area (Å²) in [7, 11) is 0. The zero-order valence-corrected chi connectivity index (χ0v) is 12.9. The van der Waals surface area contributed by atoms with E-state index in [0.29, 0.717) is 18.8 Å². The smallest absolute Gasteiger partial charge is 0.229 e. The number of rotatable bonds is 4. The van der Waals surface area contributed by atoms with E-state index in [1.807, 2.05) is 18.2 Å². The molecular formula is C14H14Cl2N4O. The van der Waals surface area contributed by atoms with Crippen molar-refractivity contribution in [2.45, 2.75) is 24.2 Å². The number of alkyl halides is 2. The fraction of sp³-hybridized carbons (Fsp3) is 0.357. The monoisotopic (exact) mass is 324 g/mol. The topological polar surface area (TPSA) is 59.8 Å². The molecule has 1 atom stereocenters. The first-order valence-corrected chi connectivity index (χ1v) is 7.30. The third-order valence-electron chi connectivity index (χ3n) is 3.79. The highest BCUT2D eigenvalue weighted by Gasteiger charge is 2.67. The van der Waals surface area contributed by atoms with Crippen molar-refractivity contribution >= 4 is 29.1 Å². The highest BCUT2D eigenvalue weighted by Crippen LogP contribution is 2.63. The predicted octanol–water partition coefficient (Wildman–Crippen LogP) is 2.47. The number of carbonyl (C=O) groups is 1. The van der Waals surface area contributed by atoms with Crippen molar-refractivity contribution in [3.05, 3.63) is 42.4 Å². The number of amides is 1. The second-order valence-corrected chi connectivity index (χ2v) is 6.82. The van der Waals surface area contributed by atoms with Crippen molar-refractivity contribution in [2.75, 3.05) is 0 Å². The Morgan fingerprint density at radius 1 is 1.43 bits per heavy atom. The molecule has 1 fully saturated rings. The number of hydrogen-bond donors (Lipinski definition) is 1. The minimum absolute atomic E-state index is 0.150. The van der Waals surface area contributed by atoms with Crippen LogP contribution in [0, 0.1) is 5.41 Å². The molecule has 2 aromatic heterocycles. The lowest BCUT2D eigenvalue weighted by molar-refractivity contribution is -0.125. The van der Waals surface area contributed by atoms with Gasteiger partial charge in [0.05, 0.1) is 5.41 Å². The lowest BCUT2D eigenvalue weighted by Crippen LogP contribution is -2.33. The molecule has 21 heavy (non-hydrogen) atoms. The number of nitrogens with one attached hydrogen (secondary N) is 1. The van der Waals surface area contributed by atoms with Gasteiger partial charge in [0.1, 0.15) is 4.33 Å². The van der Waals surface area contributed by atoms with E-state index in [4.69, 9.17) is 23.2 Å². The van der Waals surface area contributed by atoms with Crippen LogP contribution in [0.1, 0.15) is 18.9 Å². The van der Waals surface area contributed by atoms with Crippen LogP contribution in [0.15, 0.2) is 36.8 Å². The van der Waals surface area contributed by atoms with Gasteiger partial charge in [-0.1, -0.05) is 6.07 Å². The van der Waals surface area contributed by atoms with E-state index in [9.17, 15) is 4.79 Å². The Morgan fingerprint density at radius 2 is 2.19 bits per heavy atom. The van der Waals surface area contributed by atoms with Crippen molar-refractivity contribution < 1.29 is 4.79 Å². The molecule has 1 aliphatic carbocycles. The number of halogens is 2. The molecule has 1 N–H and O–H groups in total. The minimum atomic E-state index is -0.961. The van der Waals surface area contributed by atoms with Gasteiger partial charge in [0, 0.05) is 30.7 Å². The van der Waals surface area contributed by atoms with E-state index in [-0.39, 0.29) is 5.91 Å². The molecule has 1 amide bonds. The fourth-order valence-electron chi connectivity index (χ4n) is 2.19. The number of hydrogen-bond acceptors (Lipinski definition) is 3. The molecule has 0 spiro atoms. The van der Waals surface area contributed by atoms with Crippen LogP contribution < -0.4 is 5.32 Å². The predicted molar refractivity (Wildman–Crippen MR) is 80.4 cm³/mol. The molecule has 5 nitrogen and oxygen atoms in total. The third kappa shape index (κ3) is 2.51. The average Bonchev–Trinajstić information content (AvgIpc) is 2.87. The van der Waals surface area contributed by atoms with Crippen molar-refractivity contribution in [3.8, 4) is 5.82 Å². The summed E-state index contributed by atoms with van der Waals surface area (Å²) < 4.78 is 0.699. The molecule has 0 aromatic carbocycles. The van der Waals surface area contributed by atoms with Gasteiger partial charge in [-0.2, -0.15) is 5.10 Å². The van der Waals surface area contributed by atoms with Crippen molar-refractivity contribution in [2.24, 2.45) is 5.41 Å². The Morgan fingerprint density at radius 3 is 2.81 bits per heavy atom. The van der Waals surface area contributed by atoms with Crippen molar-refractivity contribution in [1.29, 1.82) is 0 Å². The van der Waals surface area contributed by atoms with E-state index in [2.05, 4.69) is 15.4 Å². The highest BCUT2D eigenvalue weighted by molar-refractivity contribution is 6.53. The quantitative estimate of drug-likeness (QED) is 0.879. The van der Waals surface area contributed by atoms with Gasteiger partial charge in [-0.3, -0.25) is 4.79 Å². The molecule has 0 aliphatic heterocycles. The SMILES string of the molecule is CC1(C(=O)NCc2cccnc2-n2cccn2)CC1(Cl)Cl. The summed E-state index contributed by atoms with van der Waals surface area (Å²) in [6.07, 6.45) is 5.64. The second-order valence-electron chi connectivity index (χ2n) is 5.33. The maximum atomic E-state index is 12.2. The summed E-state index contributed by atoms with van der Waals surface area (Å²) in [4.78, 5) is 16.5. The van der Waals surface area contributed by atoms with Crippen LogP contribution in [0.3, 0.4) is 0 Å². The Hall–Kier alpha value is -1.59. The maximum absolute atomic E-state index is 12.2. The Balaban J connectivity index is 1.74. The van der Waals surface area contributed by atoms with Crippen LogP contribution in [0.4, 0.5) is 0 Å². The summed E-state index contributed by atoms with van der Waals surface area (Å²) >= 11 is 12.0. The van der Waals surface area contributed by atoms with Crippen LogP contribution in [0.2, 0.25) is 0 Å². The van der Waals surface area contributed by atoms with Gasteiger partial charge in [0.2, 0.25) is 5.91 Å². The van der Waals surface area contributed by atoms with Gasteiger partial charge < -0.3 is 5.32 Å². The largest absolute Gasteiger partial charge is 0.351 e. The highest BCUT2D eigenvalue weighted by atomic mass is 35.5. The van der Waals surface area contributed by atoms with Crippen LogP contribution in [-0.2, 0) is 11.3 Å². The minimum Gasteiger partial charge on any atom is -0.351 e. The number of aromatic nitrogens is 3. The normalized spacial score (nSPS) is 22.8. The van der Waals surface area contributed by atoms with Crippen LogP contribution in [0.5, 0.6) is 0 Å².